The molecule has 0 aromatic heterocycles. The summed E-state index contributed by atoms with van der Waals surface area (Å²) < 4.78 is 21.7. The first kappa shape index (κ1) is 23.5. The van der Waals surface area contributed by atoms with Gasteiger partial charge in [-0.05, 0) is 17.7 Å². The first-order valence-corrected chi connectivity index (χ1v) is 10.3. The minimum absolute atomic E-state index is 0.147. The van der Waals surface area contributed by atoms with Crippen LogP contribution in [0, 0.1) is 0 Å². The number of hydrogen-bond acceptors (Lipinski definition) is 9. The third-order valence-corrected chi connectivity index (χ3v) is 5.54. The summed E-state index contributed by atoms with van der Waals surface area (Å²) in [6, 6.07) is 6.43. The number of esters is 3. The second kappa shape index (κ2) is 10.8. The van der Waals surface area contributed by atoms with Crippen molar-refractivity contribution in [3.05, 3.63) is 34.9 Å². The standard InChI is InChI=1S/C19H24ClNO7S/c1-10(22)25-8-15-17(26-11(2)23)16(21)18(27-12(3)24)19(28-15)29-9-13-4-6-14(20)7-5-13/h4-7,15-19H,8-9,21H2,1-3H3. The highest BCUT2D eigenvalue weighted by Gasteiger charge is 2.48. The van der Waals surface area contributed by atoms with E-state index in [1.54, 1.807) is 12.1 Å². The highest BCUT2D eigenvalue weighted by Crippen LogP contribution is 2.33. The summed E-state index contributed by atoms with van der Waals surface area (Å²) in [7, 11) is 0. The zero-order chi connectivity index (χ0) is 21.6. The van der Waals surface area contributed by atoms with Gasteiger partial charge in [0, 0.05) is 31.5 Å². The van der Waals surface area contributed by atoms with Crippen molar-refractivity contribution in [3.8, 4) is 0 Å². The van der Waals surface area contributed by atoms with E-state index in [0.29, 0.717) is 10.8 Å². The van der Waals surface area contributed by atoms with Crippen LogP contribution in [0.5, 0.6) is 0 Å². The van der Waals surface area contributed by atoms with Crippen molar-refractivity contribution in [1.29, 1.82) is 0 Å². The molecule has 0 spiro atoms. The molecule has 1 aromatic carbocycles. The average molecular weight is 446 g/mol. The quantitative estimate of drug-likeness (QED) is 0.497. The molecular formula is C19H24ClNO7S. The van der Waals surface area contributed by atoms with Crippen molar-refractivity contribution in [3.63, 3.8) is 0 Å². The zero-order valence-electron chi connectivity index (χ0n) is 16.3. The summed E-state index contributed by atoms with van der Waals surface area (Å²) in [5.41, 5.74) is 6.62. The fourth-order valence-corrected chi connectivity index (χ4v) is 4.17. The molecule has 2 rings (SSSR count). The van der Waals surface area contributed by atoms with Gasteiger partial charge in [0.1, 0.15) is 24.3 Å². The Morgan fingerprint density at radius 2 is 1.62 bits per heavy atom. The summed E-state index contributed by atoms with van der Waals surface area (Å²) in [4.78, 5) is 34.4. The topological polar surface area (TPSA) is 114 Å². The lowest BCUT2D eigenvalue weighted by Gasteiger charge is -2.43. The number of hydrogen-bond donors (Lipinski definition) is 1. The van der Waals surface area contributed by atoms with Crippen LogP contribution in [0.4, 0.5) is 0 Å². The van der Waals surface area contributed by atoms with Gasteiger partial charge in [-0.25, -0.2) is 0 Å². The van der Waals surface area contributed by atoms with E-state index in [4.69, 9.17) is 36.3 Å². The smallest absolute Gasteiger partial charge is 0.303 e. The summed E-state index contributed by atoms with van der Waals surface area (Å²) in [6.45, 7) is 3.61. The maximum Gasteiger partial charge on any atom is 0.303 e. The van der Waals surface area contributed by atoms with E-state index in [1.807, 2.05) is 12.1 Å². The highest BCUT2D eigenvalue weighted by molar-refractivity contribution is 7.99. The van der Waals surface area contributed by atoms with Gasteiger partial charge in [0.15, 0.2) is 6.10 Å². The van der Waals surface area contributed by atoms with E-state index < -0.39 is 47.7 Å². The van der Waals surface area contributed by atoms with Gasteiger partial charge < -0.3 is 24.7 Å². The van der Waals surface area contributed by atoms with Gasteiger partial charge in [-0.1, -0.05) is 23.7 Å². The molecule has 1 aliphatic heterocycles. The molecule has 2 N–H and O–H groups in total. The Kier molecular flexibility index (Phi) is 8.76. The monoisotopic (exact) mass is 445 g/mol. The Morgan fingerprint density at radius 3 is 2.17 bits per heavy atom. The normalized spacial score (nSPS) is 26.4. The number of benzene rings is 1. The number of ether oxygens (including phenoxy) is 4. The Bertz CT molecular complexity index is 728. The molecule has 8 nitrogen and oxygen atoms in total. The van der Waals surface area contributed by atoms with Crippen LogP contribution in [-0.2, 0) is 39.1 Å². The molecule has 29 heavy (non-hydrogen) atoms. The van der Waals surface area contributed by atoms with Crippen LogP contribution in [-0.4, -0.2) is 54.3 Å². The average Bonchev–Trinajstić information content (AvgIpc) is 2.63. The zero-order valence-corrected chi connectivity index (χ0v) is 17.9. The van der Waals surface area contributed by atoms with Gasteiger partial charge in [-0.3, -0.25) is 14.4 Å². The van der Waals surface area contributed by atoms with Gasteiger partial charge in [-0.15, -0.1) is 11.8 Å². The first-order chi connectivity index (χ1) is 13.7. The van der Waals surface area contributed by atoms with E-state index in [2.05, 4.69) is 0 Å². The van der Waals surface area contributed by atoms with Gasteiger partial charge in [0.2, 0.25) is 0 Å². The van der Waals surface area contributed by atoms with E-state index in [9.17, 15) is 14.4 Å². The largest absolute Gasteiger partial charge is 0.463 e. The molecule has 0 radical (unpaired) electrons. The minimum atomic E-state index is -0.941. The maximum absolute atomic E-state index is 11.6. The fraction of sp³-hybridized carbons (Fsp3) is 0.526. The molecule has 0 amide bonds. The first-order valence-electron chi connectivity index (χ1n) is 8.92. The van der Waals surface area contributed by atoms with Crippen LogP contribution in [0.15, 0.2) is 24.3 Å². The highest BCUT2D eigenvalue weighted by atomic mass is 35.5. The van der Waals surface area contributed by atoms with Crippen LogP contribution in [0.1, 0.15) is 26.3 Å². The number of rotatable bonds is 7. The van der Waals surface area contributed by atoms with Gasteiger partial charge in [-0.2, -0.15) is 0 Å². The fourth-order valence-electron chi connectivity index (χ4n) is 2.84. The van der Waals surface area contributed by atoms with Crippen LogP contribution in [0.25, 0.3) is 0 Å². The number of nitrogens with two attached hydrogens (primary N) is 1. The van der Waals surface area contributed by atoms with Crippen LogP contribution >= 0.6 is 23.4 Å². The lowest BCUT2D eigenvalue weighted by Crippen LogP contribution is -2.63. The van der Waals surface area contributed by atoms with Crippen molar-refractivity contribution in [1.82, 2.24) is 0 Å². The van der Waals surface area contributed by atoms with Crippen LogP contribution in [0.2, 0.25) is 5.02 Å². The second-order valence-electron chi connectivity index (χ2n) is 6.51. The van der Waals surface area contributed by atoms with Crippen LogP contribution < -0.4 is 5.73 Å². The lowest BCUT2D eigenvalue weighted by atomic mass is 9.97. The molecule has 1 fully saturated rings. The van der Waals surface area contributed by atoms with Gasteiger partial charge in [0.05, 0.1) is 6.04 Å². The molecule has 5 unspecified atom stereocenters. The summed E-state index contributed by atoms with van der Waals surface area (Å²) in [5, 5.41) is 0.623. The Morgan fingerprint density at radius 1 is 1.03 bits per heavy atom. The van der Waals surface area contributed by atoms with Gasteiger partial charge >= 0.3 is 17.9 Å². The molecule has 10 heteroatoms. The number of halogens is 1. The Hall–Kier alpha value is -1.81. The van der Waals surface area contributed by atoms with Crippen molar-refractivity contribution >= 4 is 41.3 Å². The predicted octanol–water partition coefficient (Wildman–Crippen LogP) is 2.05. The van der Waals surface area contributed by atoms with E-state index in [-0.39, 0.29) is 6.61 Å². The van der Waals surface area contributed by atoms with E-state index >= 15 is 0 Å². The van der Waals surface area contributed by atoms with Gasteiger partial charge in [0.25, 0.3) is 0 Å². The third-order valence-electron chi connectivity index (χ3n) is 4.08. The molecule has 1 aliphatic rings. The molecular weight excluding hydrogens is 422 g/mol. The number of carbonyl (C=O) groups excluding carboxylic acids is 3. The molecule has 0 saturated carbocycles. The summed E-state index contributed by atoms with van der Waals surface area (Å²) in [6.07, 6.45) is -2.60. The summed E-state index contributed by atoms with van der Waals surface area (Å²) in [5.74, 6) is -1.08. The SMILES string of the molecule is CC(=O)OCC1OC(SCc2ccc(Cl)cc2)C(OC(C)=O)C(N)C1OC(C)=O. The second-order valence-corrected chi connectivity index (χ2v) is 8.03. The third kappa shape index (κ3) is 7.18. The molecule has 5 atom stereocenters. The molecule has 1 aromatic rings. The lowest BCUT2D eigenvalue weighted by molar-refractivity contribution is -0.201. The Labute approximate surface area is 178 Å². The van der Waals surface area contributed by atoms with E-state index in [0.717, 1.165) is 5.56 Å². The molecule has 0 bridgehead atoms. The molecule has 160 valence electrons. The maximum atomic E-state index is 11.6. The molecule has 1 heterocycles. The number of thioether (sulfide) groups is 1. The molecule has 0 aliphatic carbocycles. The van der Waals surface area contributed by atoms with Crippen LogP contribution in [0.3, 0.4) is 0 Å². The number of carbonyl (C=O) groups is 3. The predicted molar refractivity (Wildman–Crippen MR) is 107 cm³/mol. The molecule has 1 saturated heterocycles. The Balaban J connectivity index is 2.19. The van der Waals surface area contributed by atoms with Crippen molar-refractivity contribution < 1.29 is 33.3 Å². The minimum Gasteiger partial charge on any atom is -0.463 e. The van der Waals surface area contributed by atoms with E-state index in [1.165, 1.54) is 32.5 Å². The van der Waals surface area contributed by atoms with Crippen molar-refractivity contribution in [2.75, 3.05) is 6.61 Å². The summed E-state index contributed by atoms with van der Waals surface area (Å²) >= 11 is 7.27. The van der Waals surface area contributed by atoms with Crippen molar-refractivity contribution in [2.45, 2.75) is 56.3 Å². The van der Waals surface area contributed by atoms with Crippen molar-refractivity contribution in [2.24, 2.45) is 5.73 Å².